The van der Waals surface area contributed by atoms with Gasteiger partial charge in [0.15, 0.2) is 0 Å². The molecule has 1 saturated carbocycles. The van der Waals surface area contributed by atoms with Crippen molar-refractivity contribution in [1.82, 2.24) is 9.78 Å². The zero-order valence-electron chi connectivity index (χ0n) is 11.2. The highest BCUT2D eigenvalue weighted by Crippen LogP contribution is 2.30. The van der Waals surface area contributed by atoms with E-state index < -0.39 is 5.97 Å². The first-order valence-corrected chi connectivity index (χ1v) is 6.62. The minimum atomic E-state index is -1.04. The molecule has 3 rings (SSSR count). The molecule has 1 fully saturated rings. The number of hydrogen-bond donors (Lipinski definition) is 1. The second kappa shape index (κ2) is 5.29. The van der Waals surface area contributed by atoms with Crippen LogP contribution in [0.1, 0.15) is 28.8 Å². The Hall–Kier alpha value is -2.81. The van der Waals surface area contributed by atoms with Crippen LogP contribution < -0.4 is 4.74 Å². The largest absolute Gasteiger partial charge is 0.492 e. The number of nitrogens with zero attached hydrogens (tertiary/aromatic N) is 3. The number of benzene rings is 1. The Morgan fingerprint density at radius 1 is 1.52 bits per heavy atom. The third-order valence-corrected chi connectivity index (χ3v) is 3.35. The average Bonchev–Trinajstić information content (AvgIpc) is 3.18. The molecule has 1 N–H and O–H groups in total. The molecule has 0 amide bonds. The van der Waals surface area contributed by atoms with Crippen LogP contribution in [0.4, 0.5) is 0 Å². The van der Waals surface area contributed by atoms with Crippen molar-refractivity contribution >= 4 is 5.97 Å². The van der Waals surface area contributed by atoms with Crippen LogP contribution in [-0.4, -0.2) is 27.5 Å². The van der Waals surface area contributed by atoms with Crippen LogP contribution in [0.25, 0.3) is 5.69 Å². The molecule has 1 aliphatic rings. The van der Waals surface area contributed by atoms with Gasteiger partial charge in [0.05, 0.1) is 29.6 Å². The topological polar surface area (TPSA) is 88.1 Å². The minimum Gasteiger partial charge on any atom is -0.492 e. The van der Waals surface area contributed by atoms with Gasteiger partial charge in [-0.3, -0.25) is 0 Å². The third kappa shape index (κ3) is 2.87. The summed E-state index contributed by atoms with van der Waals surface area (Å²) >= 11 is 0. The number of nitriles is 1. The predicted molar refractivity (Wildman–Crippen MR) is 73.5 cm³/mol. The summed E-state index contributed by atoms with van der Waals surface area (Å²) in [6.45, 7) is 0.638. The lowest BCUT2D eigenvalue weighted by Crippen LogP contribution is -2.02. The fraction of sp³-hybridized carbons (Fsp3) is 0.267. The second-order valence-corrected chi connectivity index (χ2v) is 5.03. The van der Waals surface area contributed by atoms with Crippen LogP contribution in [0.3, 0.4) is 0 Å². The average molecular weight is 283 g/mol. The number of carbonyl (C=O) groups is 1. The summed E-state index contributed by atoms with van der Waals surface area (Å²) < 4.78 is 7.07. The number of aromatic nitrogens is 2. The van der Waals surface area contributed by atoms with E-state index >= 15 is 0 Å². The summed E-state index contributed by atoms with van der Waals surface area (Å²) in [7, 11) is 0. The van der Waals surface area contributed by atoms with Crippen LogP contribution in [-0.2, 0) is 0 Å². The Morgan fingerprint density at radius 3 is 2.95 bits per heavy atom. The van der Waals surface area contributed by atoms with Crippen LogP contribution in [0, 0.1) is 17.2 Å². The molecule has 21 heavy (non-hydrogen) atoms. The normalized spacial score (nSPS) is 13.7. The number of ether oxygens (including phenoxy) is 1. The Balaban J connectivity index is 1.85. The lowest BCUT2D eigenvalue weighted by molar-refractivity contribution is 0.0697. The maximum atomic E-state index is 10.9. The Labute approximate surface area is 121 Å². The maximum Gasteiger partial charge on any atom is 0.338 e. The molecule has 6 nitrogen and oxygen atoms in total. The molecule has 1 aromatic carbocycles. The molecular formula is C15H13N3O3. The van der Waals surface area contributed by atoms with E-state index in [9.17, 15) is 10.1 Å². The van der Waals surface area contributed by atoms with E-state index in [0.717, 1.165) is 0 Å². The van der Waals surface area contributed by atoms with E-state index in [1.54, 1.807) is 18.2 Å². The fourth-order valence-corrected chi connectivity index (χ4v) is 1.94. The Morgan fingerprint density at radius 2 is 2.33 bits per heavy atom. The highest BCUT2D eigenvalue weighted by Gasteiger charge is 2.22. The van der Waals surface area contributed by atoms with Gasteiger partial charge in [-0.2, -0.15) is 10.4 Å². The molecule has 0 bridgehead atoms. The lowest BCUT2D eigenvalue weighted by atomic mass is 10.2. The highest BCUT2D eigenvalue weighted by molar-refractivity contribution is 5.87. The number of carboxylic acids is 1. The van der Waals surface area contributed by atoms with Crippen LogP contribution >= 0.6 is 0 Å². The number of aromatic carboxylic acids is 1. The zero-order chi connectivity index (χ0) is 14.8. The molecule has 106 valence electrons. The minimum absolute atomic E-state index is 0.0996. The second-order valence-electron chi connectivity index (χ2n) is 5.03. The maximum absolute atomic E-state index is 10.9. The van der Waals surface area contributed by atoms with E-state index in [-0.39, 0.29) is 5.56 Å². The van der Waals surface area contributed by atoms with Crippen molar-refractivity contribution < 1.29 is 14.6 Å². The number of carboxylic acid groups (broad SMARTS) is 1. The van der Waals surface area contributed by atoms with Crippen molar-refractivity contribution in [2.45, 2.75) is 12.8 Å². The van der Waals surface area contributed by atoms with E-state index in [4.69, 9.17) is 9.84 Å². The van der Waals surface area contributed by atoms with Gasteiger partial charge in [0.2, 0.25) is 0 Å². The predicted octanol–water partition coefficient (Wildman–Crippen LogP) is 2.23. The van der Waals surface area contributed by atoms with Gasteiger partial charge in [-0.1, -0.05) is 0 Å². The third-order valence-electron chi connectivity index (χ3n) is 3.35. The van der Waals surface area contributed by atoms with Crippen molar-refractivity contribution in [3.63, 3.8) is 0 Å². The number of rotatable bonds is 5. The van der Waals surface area contributed by atoms with Gasteiger partial charge < -0.3 is 9.84 Å². The van der Waals surface area contributed by atoms with Crippen LogP contribution in [0.5, 0.6) is 5.75 Å². The van der Waals surface area contributed by atoms with Crippen molar-refractivity contribution in [2.75, 3.05) is 6.61 Å². The van der Waals surface area contributed by atoms with Gasteiger partial charge in [-0.15, -0.1) is 0 Å². The van der Waals surface area contributed by atoms with Crippen molar-refractivity contribution in [3.05, 3.63) is 41.7 Å². The van der Waals surface area contributed by atoms with Gasteiger partial charge in [0.1, 0.15) is 11.8 Å². The summed E-state index contributed by atoms with van der Waals surface area (Å²) in [5.74, 6) is 0.130. The van der Waals surface area contributed by atoms with E-state index in [2.05, 4.69) is 11.2 Å². The smallest absolute Gasteiger partial charge is 0.338 e. The highest BCUT2D eigenvalue weighted by atomic mass is 16.5. The fourth-order valence-electron chi connectivity index (χ4n) is 1.94. The van der Waals surface area contributed by atoms with Gasteiger partial charge in [0, 0.05) is 6.20 Å². The molecule has 1 aromatic heterocycles. The van der Waals surface area contributed by atoms with Crippen molar-refractivity contribution in [3.8, 4) is 17.5 Å². The standard InChI is InChI=1S/C15H13N3O3/c16-6-11-5-13(18-8-12(7-17-18)15(19)20)3-4-14(11)21-9-10-1-2-10/h3-5,7-8,10H,1-2,9H2,(H,19,20). The molecule has 0 spiro atoms. The van der Waals surface area contributed by atoms with Gasteiger partial charge in [-0.25, -0.2) is 9.48 Å². The quantitative estimate of drug-likeness (QED) is 0.909. The SMILES string of the molecule is N#Cc1cc(-n2cc(C(=O)O)cn2)ccc1OCC1CC1. The Kier molecular flexibility index (Phi) is 3.32. The molecule has 1 aliphatic carbocycles. The molecular weight excluding hydrogens is 270 g/mol. The van der Waals surface area contributed by atoms with E-state index in [1.165, 1.54) is 29.9 Å². The van der Waals surface area contributed by atoms with E-state index in [0.29, 0.717) is 29.5 Å². The molecule has 0 unspecified atom stereocenters. The molecule has 2 aromatic rings. The molecule has 0 saturated heterocycles. The summed E-state index contributed by atoms with van der Waals surface area (Å²) in [5.41, 5.74) is 1.14. The first kappa shape index (κ1) is 13.2. The Bertz CT molecular complexity index is 726. The van der Waals surface area contributed by atoms with Crippen molar-refractivity contribution in [1.29, 1.82) is 5.26 Å². The molecule has 1 heterocycles. The first-order chi connectivity index (χ1) is 10.2. The first-order valence-electron chi connectivity index (χ1n) is 6.62. The summed E-state index contributed by atoms with van der Waals surface area (Å²) in [6.07, 6.45) is 5.05. The molecule has 0 atom stereocenters. The number of hydrogen-bond acceptors (Lipinski definition) is 4. The van der Waals surface area contributed by atoms with E-state index in [1.807, 2.05) is 0 Å². The van der Waals surface area contributed by atoms with Crippen LogP contribution in [0.2, 0.25) is 0 Å². The van der Waals surface area contributed by atoms with Gasteiger partial charge in [-0.05, 0) is 37.0 Å². The van der Waals surface area contributed by atoms with Gasteiger partial charge >= 0.3 is 5.97 Å². The van der Waals surface area contributed by atoms with Gasteiger partial charge in [0.25, 0.3) is 0 Å². The summed E-state index contributed by atoms with van der Waals surface area (Å²) in [5, 5.41) is 22.1. The molecule has 6 heteroatoms. The molecule has 0 aliphatic heterocycles. The van der Waals surface area contributed by atoms with Crippen LogP contribution in [0.15, 0.2) is 30.6 Å². The summed E-state index contributed by atoms with van der Waals surface area (Å²) in [4.78, 5) is 10.9. The monoisotopic (exact) mass is 283 g/mol. The lowest BCUT2D eigenvalue weighted by Gasteiger charge is -2.09. The van der Waals surface area contributed by atoms with Crippen molar-refractivity contribution in [2.24, 2.45) is 5.92 Å². The zero-order valence-corrected chi connectivity index (χ0v) is 11.2. The summed E-state index contributed by atoms with van der Waals surface area (Å²) in [6, 6.07) is 7.21. The molecule has 0 radical (unpaired) electrons.